The van der Waals surface area contributed by atoms with Gasteiger partial charge in [-0.05, 0) is 38.0 Å². The van der Waals surface area contributed by atoms with Gasteiger partial charge in [0.1, 0.15) is 0 Å². The Labute approximate surface area is 80.6 Å². The summed E-state index contributed by atoms with van der Waals surface area (Å²) in [5.74, 6) is 0.876. The predicted octanol–water partition coefficient (Wildman–Crippen LogP) is 2.37. The monoisotopic (exact) mass is 184 g/mol. The maximum absolute atomic E-state index is 5.49. The first-order valence-corrected chi connectivity index (χ1v) is 5.63. The van der Waals surface area contributed by atoms with Gasteiger partial charge in [-0.2, -0.15) is 0 Å². The molecule has 0 amide bonds. The molecule has 2 rings (SSSR count). The molecular weight excluding hydrogens is 164 g/mol. The van der Waals surface area contributed by atoms with Gasteiger partial charge < -0.3 is 9.47 Å². The maximum atomic E-state index is 5.49. The Balaban J connectivity index is 1.54. The average Bonchev–Trinajstić information content (AvgIpc) is 2.90. The fraction of sp³-hybridized carbons (Fsp3) is 1.00. The van der Waals surface area contributed by atoms with Crippen LogP contribution in [0.3, 0.4) is 0 Å². The van der Waals surface area contributed by atoms with Gasteiger partial charge in [0.2, 0.25) is 0 Å². The summed E-state index contributed by atoms with van der Waals surface area (Å²) in [7, 11) is 0. The lowest BCUT2D eigenvalue weighted by atomic mass is 9.87. The molecule has 2 fully saturated rings. The second-order valence-corrected chi connectivity index (χ2v) is 4.29. The molecule has 1 heterocycles. The minimum absolute atomic E-state index is 0.630. The summed E-state index contributed by atoms with van der Waals surface area (Å²) in [5, 5.41) is 0. The van der Waals surface area contributed by atoms with Crippen molar-refractivity contribution in [2.45, 2.75) is 51.2 Å². The summed E-state index contributed by atoms with van der Waals surface area (Å²) >= 11 is 0. The van der Waals surface area contributed by atoms with Gasteiger partial charge in [0.15, 0.2) is 0 Å². The second-order valence-electron chi connectivity index (χ2n) is 4.29. The largest absolute Gasteiger partial charge is 0.381 e. The molecule has 2 heteroatoms. The van der Waals surface area contributed by atoms with E-state index in [1.54, 1.807) is 0 Å². The third-order valence-electron chi connectivity index (χ3n) is 3.13. The van der Waals surface area contributed by atoms with Gasteiger partial charge in [0.25, 0.3) is 0 Å². The van der Waals surface area contributed by atoms with E-state index in [0.29, 0.717) is 12.2 Å². The SMILES string of the molecule is CCCOCCC1CCC2OC2C1. The highest BCUT2D eigenvalue weighted by Gasteiger charge is 2.43. The molecule has 76 valence electrons. The summed E-state index contributed by atoms with van der Waals surface area (Å²) in [5.41, 5.74) is 0. The van der Waals surface area contributed by atoms with Crippen molar-refractivity contribution in [3.63, 3.8) is 0 Å². The lowest BCUT2D eigenvalue weighted by Gasteiger charge is -2.18. The van der Waals surface area contributed by atoms with Crippen molar-refractivity contribution < 1.29 is 9.47 Å². The van der Waals surface area contributed by atoms with Crippen LogP contribution in [-0.4, -0.2) is 25.4 Å². The van der Waals surface area contributed by atoms with E-state index < -0.39 is 0 Å². The molecule has 0 radical (unpaired) electrons. The highest BCUT2D eigenvalue weighted by molar-refractivity contribution is 4.91. The lowest BCUT2D eigenvalue weighted by Crippen LogP contribution is -2.15. The highest BCUT2D eigenvalue weighted by atomic mass is 16.6. The Morgan fingerprint density at radius 3 is 2.92 bits per heavy atom. The van der Waals surface area contributed by atoms with Crippen LogP contribution in [0.2, 0.25) is 0 Å². The van der Waals surface area contributed by atoms with Gasteiger partial charge in [0, 0.05) is 13.2 Å². The van der Waals surface area contributed by atoms with Crippen LogP contribution in [0.25, 0.3) is 0 Å². The van der Waals surface area contributed by atoms with Crippen LogP contribution in [0.15, 0.2) is 0 Å². The Hall–Kier alpha value is -0.0800. The van der Waals surface area contributed by atoms with E-state index in [-0.39, 0.29) is 0 Å². The first-order chi connectivity index (χ1) is 6.40. The first-order valence-electron chi connectivity index (χ1n) is 5.63. The van der Waals surface area contributed by atoms with E-state index in [0.717, 1.165) is 25.6 Å². The van der Waals surface area contributed by atoms with Crippen LogP contribution >= 0.6 is 0 Å². The summed E-state index contributed by atoms with van der Waals surface area (Å²) in [6, 6.07) is 0. The van der Waals surface area contributed by atoms with Gasteiger partial charge >= 0.3 is 0 Å². The number of hydrogen-bond acceptors (Lipinski definition) is 2. The number of hydrogen-bond donors (Lipinski definition) is 0. The zero-order valence-corrected chi connectivity index (χ0v) is 8.50. The van der Waals surface area contributed by atoms with Crippen molar-refractivity contribution in [3.05, 3.63) is 0 Å². The van der Waals surface area contributed by atoms with E-state index in [1.807, 2.05) is 0 Å². The molecule has 0 aromatic rings. The summed E-state index contributed by atoms with van der Waals surface area (Å²) < 4.78 is 11.0. The normalized spacial score (nSPS) is 37.2. The molecule has 2 nitrogen and oxygen atoms in total. The van der Waals surface area contributed by atoms with Gasteiger partial charge in [0.05, 0.1) is 12.2 Å². The zero-order chi connectivity index (χ0) is 9.10. The molecule has 2 aliphatic rings. The Kier molecular flexibility index (Phi) is 3.23. The van der Waals surface area contributed by atoms with Crippen molar-refractivity contribution >= 4 is 0 Å². The van der Waals surface area contributed by atoms with Crippen molar-refractivity contribution in [1.82, 2.24) is 0 Å². The predicted molar refractivity (Wildman–Crippen MR) is 51.7 cm³/mol. The van der Waals surface area contributed by atoms with Crippen LogP contribution in [0.4, 0.5) is 0 Å². The van der Waals surface area contributed by atoms with E-state index in [1.165, 1.54) is 25.7 Å². The van der Waals surface area contributed by atoms with Crippen LogP contribution in [-0.2, 0) is 9.47 Å². The topological polar surface area (TPSA) is 21.8 Å². The van der Waals surface area contributed by atoms with E-state index in [2.05, 4.69) is 6.92 Å². The lowest BCUT2D eigenvalue weighted by molar-refractivity contribution is 0.115. The quantitative estimate of drug-likeness (QED) is 0.483. The van der Waals surface area contributed by atoms with Crippen molar-refractivity contribution in [3.8, 4) is 0 Å². The van der Waals surface area contributed by atoms with E-state index in [4.69, 9.17) is 9.47 Å². The zero-order valence-electron chi connectivity index (χ0n) is 8.50. The molecule has 3 unspecified atom stereocenters. The van der Waals surface area contributed by atoms with Crippen molar-refractivity contribution in [1.29, 1.82) is 0 Å². The molecule has 0 bridgehead atoms. The Bertz CT molecular complexity index is 158. The highest BCUT2D eigenvalue weighted by Crippen LogP contribution is 2.40. The third kappa shape index (κ3) is 2.68. The van der Waals surface area contributed by atoms with E-state index in [9.17, 15) is 0 Å². The Morgan fingerprint density at radius 1 is 1.23 bits per heavy atom. The van der Waals surface area contributed by atoms with Crippen LogP contribution in [0.5, 0.6) is 0 Å². The summed E-state index contributed by atoms with van der Waals surface area (Å²) in [6.45, 7) is 4.04. The van der Waals surface area contributed by atoms with Crippen LogP contribution in [0, 0.1) is 5.92 Å². The van der Waals surface area contributed by atoms with Crippen LogP contribution in [0.1, 0.15) is 39.0 Å². The number of ether oxygens (including phenoxy) is 2. The van der Waals surface area contributed by atoms with Crippen molar-refractivity contribution in [2.24, 2.45) is 5.92 Å². The molecule has 1 saturated heterocycles. The fourth-order valence-electron chi connectivity index (χ4n) is 2.25. The molecular formula is C11H20O2. The molecule has 13 heavy (non-hydrogen) atoms. The molecule has 0 aromatic heterocycles. The number of fused-ring (bicyclic) bond motifs is 1. The molecule has 0 spiro atoms. The van der Waals surface area contributed by atoms with Gasteiger partial charge in [-0.1, -0.05) is 6.92 Å². The Morgan fingerprint density at radius 2 is 2.15 bits per heavy atom. The minimum atomic E-state index is 0.630. The number of rotatable bonds is 5. The van der Waals surface area contributed by atoms with Gasteiger partial charge in [-0.15, -0.1) is 0 Å². The maximum Gasteiger partial charge on any atom is 0.0844 e. The molecule has 0 aromatic carbocycles. The van der Waals surface area contributed by atoms with Gasteiger partial charge in [-0.3, -0.25) is 0 Å². The average molecular weight is 184 g/mol. The summed E-state index contributed by atoms with van der Waals surface area (Å²) in [4.78, 5) is 0. The fourth-order valence-corrected chi connectivity index (χ4v) is 2.25. The molecule has 1 aliphatic heterocycles. The standard InChI is InChI=1S/C11H20O2/c1-2-6-12-7-5-9-3-4-10-11(8-9)13-10/h9-11H,2-8H2,1H3. The molecule has 1 aliphatic carbocycles. The molecule has 1 saturated carbocycles. The van der Waals surface area contributed by atoms with Crippen molar-refractivity contribution in [2.75, 3.05) is 13.2 Å². The van der Waals surface area contributed by atoms with E-state index >= 15 is 0 Å². The van der Waals surface area contributed by atoms with Crippen LogP contribution < -0.4 is 0 Å². The summed E-state index contributed by atoms with van der Waals surface area (Å²) in [6.07, 6.45) is 7.60. The number of epoxide rings is 1. The third-order valence-corrected chi connectivity index (χ3v) is 3.13. The molecule has 0 N–H and O–H groups in total. The minimum Gasteiger partial charge on any atom is -0.381 e. The first kappa shape index (κ1) is 9.47. The molecule has 3 atom stereocenters. The van der Waals surface area contributed by atoms with Gasteiger partial charge in [-0.25, -0.2) is 0 Å². The second kappa shape index (κ2) is 4.43. The smallest absolute Gasteiger partial charge is 0.0844 e.